The summed E-state index contributed by atoms with van der Waals surface area (Å²) in [5.74, 6) is 1.87. The number of amides is 4. The minimum Gasteiger partial charge on any atom is -0.486 e. The molecule has 0 radical (unpaired) electrons. The quantitative estimate of drug-likeness (QED) is 0.748. The topological polar surface area (TPSA) is 88.2 Å². The molecule has 3 atom stereocenters. The number of imide groups is 1. The summed E-state index contributed by atoms with van der Waals surface area (Å²) >= 11 is 0. The van der Waals surface area contributed by atoms with E-state index < -0.39 is 17.5 Å². The third kappa shape index (κ3) is 3.51. The SMILES string of the molecule is C[C@]1(c2ccc3c(c2)OCCO3)NC(=O)N(CC(=O)N2CC[C@@H]3CCCC[C@H]3C2)C1=O. The molecule has 8 heteroatoms. The Morgan fingerprint density at radius 2 is 1.84 bits per heavy atom. The zero-order valence-electron chi connectivity index (χ0n) is 17.9. The van der Waals surface area contributed by atoms with Crippen LogP contribution in [0.4, 0.5) is 4.79 Å². The molecule has 5 rings (SSSR count). The summed E-state index contributed by atoms with van der Waals surface area (Å²) in [6, 6.07) is 4.69. The summed E-state index contributed by atoms with van der Waals surface area (Å²) in [4.78, 5) is 41.8. The Morgan fingerprint density at radius 1 is 1.10 bits per heavy atom. The highest BCUT2D eigenvalue weighted by molar-refractivity contribution is 6.09. The van der Waals surface area contributed by atoms with Crippen molar-refractivity contribution in [1.82, 2.24) is 15.1 Å². The molecule has 1 aromatic rings. The van der Waals surface area contributed by atoms with Gasteiger partial charge in [0, 0.05) is 13.1 Å². The van der Waals surface area contributed by atoms with Crippen molar-refractivity contribution in [2.24, 2.45) is 11.8 Å². The molecular weight excluding hydrogens is 398 g/mol. The molecule has 1 N–H and O–H groups in total. The average molecular weight is 428 g/mol. The lowest BCUT2D eigenvalue weighted by Crippen LogP contribution is -2.49. The van der Waals surface area contributed by atoms with E-state index in [-0.39, 0.29) is 12.5 Å². The van der Waals surface area contributed by atoms with E-state index in [9.17, 15) is 14.4 Å². The van der Waals surface area contributed by atoms with Crippen molar-refractivity contribution in [3.05, 3.63) is 23.8 Å². The lowest BCUT2D eigenvalue weighted by Gasteiger charge is -2.41. The van der Waals surface area contributed by atoms with Crippen molar-refractivity contribution in [3.8, 4) is 11.5 Å². The molecule has 8 nitrogen and oxygen atoms in total. The van der Waals surface area contributed by atoms with Gasteiger partial charge in [0.25, 0.3) is 5.91 Å². The fraction of sp³-hybridized carbons (Fsp3) is 0.609. The van der Waals surface area contributed by atoms with Crippen LogP contribution in [0.15, 0.2) is 18.2 Å². The fourth-order valence-corrected chi connectivity index (χ4v) is 5.45. The number of fused-ring (bicyclic) bond motifs is 2. The van der Waals surface area contributed by atoms with Crippen LogP contribution < -0.4 is 14.8 Å². The van der Waals surface area contributed by atoms with Crippen molar-refractivity contribution in [2.75, 3.05) is 32.8 Å². The first-order valence-corrected chi connectivity index (χ1v) is 11.3. The summed E-state index contributed by atoms with van der Waals surface area (Å²) in [5, 5.41) is 2.78. The largest absolute Gasteiger partial charge is 0.486 e. The number of carbonyl (C=O) groups is 3. The smallest absolute Gasteiger partial charge is 0.325 e. The minimum atomic E-state index is -1.25. The van der Waals surface area contributed by atoms with Gasteiger partial charge >= 0.3 is 6.03 Å². The van der Waals surface area contributed by atoms with Gasteiger partial charge in [0.15, 0.2) is 11.5 Å². The first-order chi connectivity index (χ1) is 15.0. The van der Waals surface area contributed by atoms with Crippen LogP contribution in [0.2, 0.25) is 0 Å². The molecule has 166 valence electrons. The monoisotopic (exact) mass is 427 g/mol. The zero-order valence-corrected chi connectivity index (χ0v) is 17.9. The number of ether oxygens (including phenoxy) is 2. The second kappa shape index (κ2) is 7.73. The van der Waals surface area contributed by atoms with E-state index in [0.29, 0.717) is 48.7 Å². The predicted octanol–water partition coefficient (Wildman–Crippen LogP) is 2.26. The number of nitrogens with zero attached hydrogens (tertiary/aromatic N) is 2. The maximum Gasteiger partial charge on any atom is 0.325 e. The van der Waals surface area contributed by atoms with Crippen molar-refractivity contribution in [3.63, 3.8) is 0 Å². The number of likely N-dealkylation sites (tertiary alicyclic amines) is 1. The second-order valence-corrected chi connectivity index (χ2v) is 9.24. The van der Waals surface area contributed by atoms with E-state index in [4.69, 9.17) is 9.47 Å². The van der Waals surface area contributed by atoms with Gasteiger partial charge in [-0.05, 0) is 49.3 Å². The standard InChI is InChI=1S/C23H29N3O5/c1-23(17-6-7-18-19(12-17)31-11-10-30-18)21(28)26(22(29)24-23)14-20(27)25-9-8-15-4-2-3-5-16(15)13-25/h6-7,12,15-16H,2-5,8-11,13-14H2,1H3,(H,24,29)/t15-,16-,23+/m0/s1. The van der Waals surface area contributed by atoms with Crippen LogP contribution in [-0.4, -0.2) is 60.5 Å². The van der Waals surface area contributed by atoms with Crippen LogP contribution in [0.1, 0.15) is 44.6 Å². The summed E-state index contributed by atoms with van der Waals surface area (Å²) < 4.78 is 11.2. The van der Waals surface area contributed by atoms with Crippen LogP contribution >= 0.6 is 0 Å². The van der Waals surface area contributed by atoms with Gasteiger partial charge in [-0.15, -0.1) is 0 Å². The third-order valence-corrected chi connectivity index (χ3v) is 7.33. The highest BCUT2D eigenvalue weighted by Gasteiger charge is 2.50. The molecule has 1 aliphatic carbocycles. The molecule has 0 bridgehead atoms. The van der Waals surface area contributed by atoms with Gasteiger partial charge < -0.3 is 19.7 Å². The number of carbonyl (C=O) groups excluding carboxylic acids is 3. The van der Waals surface area contributed by atoms with Gasteiger partial charge in [0.1, 0.15) is 25.3 Å². The second-order valence-electron chi connectivity index (χ2n) is 9.24. The molecule has 31 heavy (non-hydrogen) atoms. The predicted molar refractivity (Wildman–Crippen MR) is 112 cm³/mol. The summed E-state index contributed by atoms with van der Waals surface area (Å²) in [6.45, 7) is 3.81. The Labute approximate surface area is 181 Å². The first kappa shape index (κ1) is 20.2. The van der Waals surface area contributed by atoms with Crippen LogP contribution in [0.25, 0.3) is 0 Å². The van der Waals surface area contributed by atoms with Crippen LogP contribution in [0, 0.1) is 11.8 Å². The Hall–Kier alpha value is -2.77. The number of rotatable bonds is 3. The van der Waals surface area contributed by atoms with Crippen LogP contribution in [-0.2, 0) is 15.1 Å². The van der Waals surface area contributed by atoms with Gasteiger partial charge in [-0.1, -0.05) is 25.3 Å². The molecule has 4 amide bonds. The maximum atomic E-state index is 13.3. The molecule has 1 aromatic carbocycles. The number of hydrogen-bond acceptors (Lipinski definition) is 5. The van der Waals surface area contributed by atoms with Crippen molar-refractivity contribution in [2.45, 2.75) is 44.6 Å². The average Bonchev–Trinajstić information content (AvgIpc) is 3.02. The highest BCUT2D eigenvalue weighted by atomic mass is 16.6. The highest BCUT2D eigenvalue weighted by Crippen LogP contribution is 2.38. The summed E-state index contributed by atoms with van der Waals surface area (Å²) in [7, 11) is 0. The van der Waals surface area contributed by atoms with Crippen molar-refractivity contribution in [1.29, 1.82) is 0 Å². The number of piperidine rings is 1. The van der Waals surface area contributed by atoms with E-state index >= 15 is 0 Å². The summed E-state index contributed by atoms with van der Waals surface area (Å²) in [6.07, 6.45) is 5.96. The molecule has 3 aliphatic heterocycles. The Morgan fingerprint density at radius 3 is 2.65 bits per heavy atom. The Bertz CT molecular complexity index is 918. The van der Waals surface area contributed by atoms with E-state index in [1.54, 1.807) is 25.1 Å². The zero-order chi connectivity index (χ0) is 21.6. The van der Waals surface area contributed by atoms with E-state index in [0.717, 1.165) is 17.9 Å². The van der Waals surface area contributed by atoms with E-state index in [1.165, 1.54) is 25.7 Å². The lowest BCUT2D eigenvalue weighted by molar-refractivity contribution is -0.140. The fourth-order valence-electron chi connectivity index (χ4n) is 5.45. The van der Waals surface area contributed by atoms with Gasteiger partial charge in [-0.3, -0.25) is 14.5 Å². The Balaban J connectivity index is 1.29. The minimum absolute atomic E-state index is 0.154. The third-order valence-electron chi connectivity index (χ3n) is 7.33. The van der Waals surface area contributed by atoms with Crippen LogP contribution in [0.5, 0.6) is 11.5 Å². The summed E-state index contributed by atoms with van der Waals surface area (Å²) in [5.41, 5.74) is -0.642. The molecule has 3 fully saturated rings. The van der Waals surface area contributed by atoms with E-state index in [1.807, 2.05) is 4.90 Å². The molecule has 0 aromatic heterocycles. The molecule has 0 unspecified atom stereocenters. The van der Waals surface area contributed by atoms with Gasteiger partial charge in [-0.2, -0.15) is 0 Å². The van der Waals surface area contributed by atoms with Crippen molar-refractivity contribution >= 4 is 17.8 Å². The number of hydrogen-bond donors (Lipinski definition) is 1. The van der Waals surface area contributed by atoms with Gasteiger partial charge in [0.05, 0.1) is 0 Å². The van der Waals surface area contributed by atoms with E-state index in [2.05, 4.69) is 5.32 Å². The van der Waals surface area contributed by atoms with Gasteiger partial charge in [0.2, 0.25) is 5.91 Å². The number of nitrogens with one attached hydrogen (secondary N) is 1. The molecule has 4 aliphatic rings. The molecule has 1 saturated carbocycles. The van der Waals surface area contributed by atoms with Gasteiger partial charge in [-0.25, -0.2) is 4.79 Å². The molecule has 2 saturated heterocycles. The molecule has 3 heterocycles. The molecular formula is C23H29N3O5. The number of urea groups is 1. The Kier molecular flexibility index (Phi) is 5.02. The number of benzene rings is 1. The molecule has 0 spiro atoms. The van der Waals surface area contributed by atoms with Crippen LogP contribution in [0.3, 0.4) is 0 Å². The normalized spacial score (nSPS) is 30.1. The first-order valence-electron chi connectivity index (χ1n) is 11.3. The van der Waals surface area contributed by atoms with Crippen molar-refractivity contribution < 1.29 is 23.9 Å². The lowest BCUT2D eigenvalue weighted by atomic mass is 9.75. The maximum absolute atomic E-state index is 13.3.